The Morgan fingerprint density at radius 1 is 1.17 bits per heavy atom. The lowest BCUT2D eigenvalue weighted by atomic mass is 9.81. The predicted octanol–water partition coefficient (Wildman–Crippen LogP) is 3.15. The quantitative estimate of drug-likeness (QED) is 0.280. The number of alkyl halides is 3. The molecule has 0 saturated carbocycles. The molecule has 218 valence electrons. The van der Waals surface area contributed by atoms with Crippen molar-refractivity contribution in [3.8, 4) is 22.8 Å². The first-order valence-corrected chi connectivity index (χ1v) is 12.4. The van der Waals surface area contributed by atoms with Crippen molar-refractivity contribution in [3.05, 3.63) is 77.4 Å². The van der Waals surface area contributed by atoms with Crippen molar-refractivity contribution in [1.29, 1.82) is 0 Å². The number of carbonyl (C=O) groups excluding carboxylic acids is 2. The number of fused-ring (bicyclic) bond motifs is 2. The second-order valence-corrected chi connectivity index (χ2v) is 9.91. The number of ether oxygens (including phenoxy) is 2. The predicted molar refractivity (Wildman–Crippen MR) is 140 cm³/mol. The number of aromatic nitrogens is 3. The summed E-state index contributed by atoms with van der Waals surface area (Å²) in [5.41, 5.74) is -0.467. The molecule has 0 radical (unpaired) electrons. The van der Waals surface area contributed by atoms with Gasteiger partial charge in [-0.05, 0) is 55.5 Å². The van der Waals surface area contributed by atoms with Crippen LogP contribution >= 0.6 is 0 Å². The summed E-state index contributed by atoms with van der Waals surface area (Å²) < 4.78 is 68.3. The van der Waals surface area contributed by atoms with Gasteiger partial charge in [-0.2, -0.15) is 18.3 Å². The molecular weight excluding hydrogens is 562 g/mol. The number of carbonyl (C=O) groups is 2. The normalized spacial score (nSPS) is 17.7. The lowest BCUT2D eigenvalue weighted by molar-refractivity contribution is -0.265. The fourth-order valence-corrected chi connectivity index (χ4v) is 4.60. The maximum atomic E-state index is 14.6. The molecule has 2 aromatic carbocycles. The maximum Gasteiger partial charge on any atom is 0.424 e. The van der Waals surface area contributed by atoms with Gasteiger partial charge >= 0.3 is 6.18 Å². The van der Waals surface area contributed by atoms with E-state index in [-0.39, 0.29) is 40.5 Å². The monoisotopic (exact) mass is 585 g/mol. The molecule has 0 fully saturated rings. The molecule has 1 aliphatic heterocycles. The number of hydrogen-bond acceptors (Lipinski definition) is 8. The highest BCUT2D eigenvalue weighted by molar-refractivity contribution is 5.99. The number of nitrogens with two attached hydrogens (primary N) is 1. The average Bonchev–Trinajstić information content (AvgIpc) is 3.32. The second kappa shape index (κ2) is 10.2. The molecule has 2 aromatic heterocycles. The topological polar surface area (TPSA) is 150 Å². The van der Waals surface area contributed by atoms with Crippen molar-refractivity contribution >= 4 is 22.7 Å². The number of pyridine rings is 1. The highest BCUT2D eigenvalue weighted by Crippen LogP contribution is 2.47. The third kappa shape index (κ3) is 4.72. The van der Waals surface area contributed by atoms with Gasteiger partial charge in [-0.15, -0.1) is 5.10 Å². The standard InChI is InChI=1S/C28H23F4N5O5/c1-26(25(33)39)13-42-23-18(26)11-20(36-22(23)14-3-5-17(29)6-4-14)27(40,28(30,31)32)12-34-24(38)16-9-15-7-8-35-37-21(15)19(10-16)41-2/h3-11,40H,12-13H2,1-2H3,(H2,33,39)(H,34,38)/t26-,27-/m0/s1. The number of methoxy groups -OCH3 is 1. The molecule has 0 aliphatic carbocycles. The largest absolute Gasteiger partial charge is 0.494 e. The minimum atomic E-state index is -5.36. The van der Waals surface area contributed by atoms with E-state index >= 15 is 0 Å². The molecule has 2 atom stereocenters. The van der Waals surface area contributed by atoms with Gasteiger partial charge in [-0.3, -0.25) is 9.59 Å². The number of rotatable bonds is 7. The molecule has 4 N–H and O–H groups in total. The molecular formula is C28H23F4N5O5. The summed E-state index contributed by atoms with van der Waals surface area (Å²) >= 11 is 0. The van der Waals surface area contributed by atoms with Gasteiger partial charge in [0.25, 0.3) is 5.91 Å². The van der Waals surface area contributed by atoms with Gasteiger partial charge in [0.05, 0.1) is 25.5 Å². The number of benzene rings is 2. The number of nitrogens with one attached hydrogen (secondary N) is 1. The Morgan fingerprint density at radius 3 is 2.52 bits per heavy atom. The van der Waals surface area contributed by atoms with Crippen LogP contribution in [0.25, 0.3) is 22.2 Å². The second-order valence-electron chi connectivity index (χ2n) is 9.91. The van der Waals surface area contributed by atoms with E-state index in [4.69, 9.17) is 15.2 Å². The smallest absolute Gasteiger partial charge is 0.424 e. The summed E-state index contributed by atoms with van der Waals surface area (Å²) in [6.45, 7) is -0.273. The molecule has 5 rings (SSSR count). The van der Waals surface area contributed by atoms with E-state index in [2.05, 4.69) is 20.5 Å². The first-order chi connectivity index (χ1) is 19.8. The molecule has 0 unspecified atom stereocenters. The number of halogens is 4. The zero-order valence-corrected chi connectivity index (χ0v) is 22.1. The van der Waals surface area contributed by atoms with E-state index in [1.54, 1.807) is 0 Å². The lowest BCUT2D eigenvalue weighted by Gasteiger charge is -2.31. The van der Waals surface area contributed by atoms with Gasteiger partial charge in [0.2, 0.25) is 11.5 Å². The van der Waals surface area contributed by atoms with Gasteiger partial charge in [-0.1, -0.05) is 0 Å². The van der Waals surface area contributed by atoms with Crippen LogP contribution in [0.3, 0.4) is 0 Å². The first kappa shape index (κ1) is 28.7. The summed E-state index contributed by atoms with van der Waals surface area (Å²) in [4.78, 5) is 29.5. The fourth-order valence-electron chi connectivity index (χ4n) is 4.60. The van der Waals surface area contributed by atoms with Crippen molar-refractivity contribution in [3.63, 3.8) is 0 Å². The molecule has 0 saturated heterocycles. The van der Waals surface area contributed by atoms with Crippen molar-refractivity contribution < 1.29 is 41.7 Å². The Kier molecular flexibility index (Phi) is 6.97. The SMILES string of the molecule is COc1cc(C(=O)NC[C@](O)(c2cc3c(c(-c4ccc(F)cc4)n2)OC[C@]3(C)C(N)=O)C(F)(F)F)cc2ccnnc12. The van der Waals surface area contributed by atoms with E-state index in [0.29, 0.717) is 10.9 Å². The van der Waals surface area contributed by atoms with Crippen LogP contribution in [-0.4, -0.2) is 58.5 Å². The Bertz CT molecular complexity index is 1720. The third-order valence-electron chi connectivity index (χ3n) is 7.20. The lowest BCUT2D eigenvalue weighted by Crippen LogP contribution is -2.51. The van der Waals surface area contributed by atoms with E-state index in [1.807, 2.05) is 0 Å². The van der Waals surface area contributed by atoms with Crippen LogP contribution in [-0.2, 0) is 15.8 Å². The average molecular weight is 586 g/mol. The van der Waals surface area contributed by atoms with Crippen LogP contribution in [0.1, 0.15) is 28.5 Å². The van der Waals surface area contributed by atoms with Crippen LogP contribution in [0.5, 0.6) is 11.5 Å². The zero-order valence-electron chi connectivity index (χ0n) is 22.1. The molecule has 10 nitrogen and oxygen atoms in total. The molecule has 4 aromatic rings. The van der Waals surface area contributed by atoms with Gasteiger partial charge in [0.15, 0.2) is 0 Å². The summed E-state index contributed by atoms with van der Waals surface area (Å²) in [6, 6.07) is 9.73. The highest BCUT2D eigenvalue weighted by atomic mass is 19.4. The number of amides is 2. The zero-order chi connectivity index (χ0) is 30.4. The Labute approximate surface area is 235 Å². The minimum Gasteiger partial charge on any atom is -0.494 e. The fraction of sp³-hybridized carbons (Fsp3) is 0.250. The Hall–Kier alpha value is -4.85. The van der Waals surface area contributed by atoms with Gasteiger partial charge in [0, 0.05) is 22.1 Å². The molecule has 0 bridgehead atoms. The molecule has 1 aliphatic rings. The van der Waals surface area contributed by atoms with E-state index < -0.39 is 47.1 Å². The van der Waals surface area contributed by atoms with Gasteiger partial charge in [-0.25, -0.2) is 9.37 Å². The van der Waals surface area contributed by atoms with Crippen LogP contribution in [0, 0.1) is 5.82 Å². The third-order valence-corrected chi connectivity index (χ3v) is 7.20. The summed E-state index contributed by atoms with van der Waals surface area (Å²) in [7, 11) is 1.33. The van der Waals surface area contributed by atoms with Crippen molar-refractivity contribution in [2.45, 2.75) is 24.1 Å². The summed E-state index contributed by atoms with van der Waals surface area (Å²) in [6.07, 6.45) is -3.99. The Morgan fingerprint density at radius 2 is 1.88 bits per heavy atom. The van der Waals surface area contributed by atoms with Crippen LogP contribution in [0.4, 0.5) is 17.6 Å². The first-order valence-electron chi connectivity index (χ1n) is 12.4. The summed E-state index contributed by atoms with van der Waals surface area (Å²) in [5, 5.41) is 21.4. The molecule has 0 spiro atoms. The van der Waals surface area contributed by atoms with Crippen molar-refractivity contribution in [2.24, 2.45) is 5.73 Å². The molecule has 42 heavy (non-hydrogen) atoms. The minimum absolute atomic E-state index is 0.0356. The maximum absolute atomic E-state index is 14.6. The highest BCUT2D eigenvalue weighted by Gasteiger charge is 2.57. The number of aliphatic hydroxyl groups is 1. The number of nitrogens with zero attached hydrogens (tertiary/aromatic N) is 3. The molecule has 3 heterocycles. The van der Waals surface area contributed by atoms with Crippen molar-refractivity contribution in [1.82, 2.24) is 20.5 Å². The molecule has 14 heteroatoms. The molecule has 2 amide bonds. The van der Waals surface area contributed by atoms with E-state index in [0.717, 1.165) is 18.2 Å². The summed E-state index contributed by atoms with van der Waals surface area (Å²) in [5.74, 6) is -2.33. The number of primary amides is 1. The van der Waals surface area contributed by atoms with E-state index in [1.165, 1.54) is 50.6 Å². The van der Waals surface area contributed by atoms with Crippen LogP contribution in [0.15, 0.2) is 54.7 Å². The van der Waals surface area contributed by atoms with Gasteiger partial charge in [0.1, 0.15) is 40.5 Å². The van der Waals surface area contributed by atoms with Crippen LogP contribution in [0.2, 0.25) is 0 Å². The van der Waals surface area contributed by atoms with E-state index in [9.17, 15) is 32.3 Å². The van der Waals surface area contributed by atoms with Crippen molar-refractivity contribution in [2.75, 3.05) is 20.3 Å². The number of hydrogen-bond donors (Lipinski definition) is 3. The van der Waals surface area contributed by atoms with Crippen LogP contribution < -0.4 is 20.5 Å². The Balaban J connectivity index is 1.59. The van der Waals surface area contributed by atoms with Gasteiger partial charge < -0.3 is 25.6 Å².